The number of nitrogens with zero attached hydrogens (tertiary/aromatic N) is 1. The number of furan rings is 1. The smallest absolute Gasteiger partial charge is 0.290 e. The molecule has 2 aromatic rings. The van der Waals surface area contributed by atoms with E-state index < -0.39 is 29.3 Å². The highest BCUT2D eigenvalue weighted by Crippen LogP contribution is 2.38. The Labute approximate surface area is 136 Å². The van der Waals surface area contributed by atoms with Crippen molar-refractivity contribution in [2.45, 2.75) is 6.04 Å². The molecule has 124 valence electrons. The van der Waals surface area contributed by atoms with E-state index in [1.807, 2.05) is 0 Å². The Bertz CT molecular complexity index is 812. The maximum Gasteiger partial charge on any atom is 0.290 e. The maximum atomic E-state index is 13.6. The van der Waals surface area contributed by atoms with Crippen molar-refractivity contribution in [3.8, 4) is 0 Å². The number of hydrogen-bond acceptors (Lipinski definition) is 5. The van der Waals surface area contributed by atoms with Gasteiger partial charge in [-0.3, -0.25) is 9.59 Å². The number of Topliss-reactive ketones (excluding diaryl/α,β-unsaturated/α-hetero) is 1. The second-order valence-electron chi connectivity index (χ2n) is 5.25. The molecule has 0 aliphatic carbocycles. The molecule has 1 aliphatic heterocycles. The maximum absolute atomic E-state index is 13.6. The van der Waals surface area contributed by atoms with Crippen molar-refractivity contribution in [3.05, 3.63) is 71.1 Å². The van der Waals surface area contributed by atoms with Crippen LogP contribution in [0.4, 0.5) is 4.39 Å². The Morgan fingerprint density at radius 3 is 2.71 bits per heavy atom. The molecule has 0 fully saturated rings. The van der Waals surface area contributed by atoms with Gasteiger partial charge in [-0.1, -0.05) is 12.1 Å². The zero-order valence-electron chi connectivity index (χ0n) is 12.5. The van der Waals surface area contributed by atoms with E-state index in [4.69, 9.17) is 4.42 Å². The van der Waals surface area contributed by atoms with Gasteiger partial charge >= 0.3 is 0 Å². The molecular weight excluding hydrogens is 317 g/mol. The quantitative estimate of drug-likeness (QED) is 0.818. The summed E-state index contributed by atoms with van der Waals surface area (Å²) in [4.78, 5) is 26.0. The molecule has 2 N–H and O–H groups in total. The van der Waals surface area contributed by atoms with Crippen LogP contribution in [0, 0.1) is 5.82 Å². The van der Waals surface area contributed by atoms with Crippen LogP contribution in [-0.2, 0) is 4.79 Å². The fraction of sp³-hybridized carbons (Fsp3) is 0.176. The van der Waals surface area contributed by atoms with Gasteiger partial charge in [0.1, 0.15) is 5.82 Å². The van der Waals surface area contributed by atoms with Gasteiger partial charge in [-0.2, -0.15) is 0 Å². The topological polar surface area (TPSA) is 91.0 Å². The zero-order chi connectivity index (χ0) is 17.3. The number of carbonyl (C=O) groups excluding carboxylic acids is 2. The monoisotopic (exact) mass is 331 g/mol. The highest BCUT2D eigenvalue weighted by atomic mass is 19.1. The van der Waals surface area contributed by atoms with E-state index in [-0.39, 0.29) is 24.5 Å². The molecule has 6 nitrogen and oxygen atoms in total. The van der Waals surface area contributed by atoms with Crippen LogP contribution in [0.25, 0.3) is 0 Å². The van der Waals surface area contributed by atoms with Gasteiger partial charge in [-0.05, 0) is 29.8 Å². The fourth-order valence-corrected chi connectivity index (χ4v) is 2.79. The first kappa shape index (κ1) is 15.9. The normalized spacial score (nSPS) is 17.7. The van der Waals surface area contributed by atoms with Crippen LogP contribution in [0.1, 0.15) is 22.2 Å². The highest BCUT2D eigenvalue weighted by molar-refractivity contribution is 6.14. The summed E-state index contributed by atoms with van der Waals surface area (Å²) in [6.07, 6.45) is 1.30. The third-order valence-corrected chi connectivity index (χ3v) is 3.80. The van der Waals surface area contributed by atoms with Crippen LogP contribution >= 0.6 is 0 Å². The first-order valence-electron chi connectivity index (χ1n) is 7.23. The average Bonchev–Trinajstić information content (AvgIpc) is 3.17. The van der Waals surface area contributed by atoms with Gasteiger partial charge in [0.15, 0.2) is 11.5 Å². The van der Waals surface area contributed by atoms with E-state index in [0.29, 0.717) is 5.56 Å². The van der Waals surface area contributed by atoms with E-state index in [1.165, 1.54) is 36.6 Å². The SMILES string of the molecule is O=C(C1=C(O)C(=O)N(CCO)C1c1cccc(F)c1)c1ccco1. The molecular formula is C17H14FNO5. The average molecular weight is 331 g/mol. The summed E-state index contributed by atoms with van der Waals surface area (Å²) in [6, 6.07) is 7.30. The molecule has 24 heavy (non-hydrogen) atoms. The molecule has 0 radical (unpaired) electrons. The van der Waals surface area contributed by atoms with Crippen LogP contribution in [-0.4, -0.2) is 40.0 Å². The summed E-state index contributed by atoms with van der Waals surface area (Å²) in [5.41, 5.74) is 0.116. The van der Waals surface area contributed by atoms with Crippen molar-refractivity contribution in [2.75, 3.05) is 13.2 Å². The molecule has 0 saturated heterocycles. The van der Waals surface area contributed by atoms with Crippen molar-refractivity contribution >= 4 is 11.7 Å². The predicted molar refractivity (Wildman–Crippen MR) is 80.6 cm³/mol. The minimum atomic E-state index is -1.00. The molecule has 1 unspecified atom stereocenters. The van der Waals surface area contributed by atoms with E-state index >= 15 is 0 Å². The molecule has 3 rings (SSSR count). The third kappa shape index (κ3) is 2.59. The van der Waals surface area contributed by atoms with E-state index in [0.717, 1.165) is 4.90 Å². The Morgan fingerprint density at radius 1 is 1.29 bits per heavy atom. The lowest BCUT2D eigenvalue weighted by Gasteiger charge is -2.25. The van der Waals surface area contributed by atoms with Crippen LogP contribution in [0.5, 0.6) is 0 Å². The lowest BCUT2D eigenvalue weighted by molar-refractivity contribution is -0.129. The number of β-amino-alcohol motifs (C(OH)–C–C–N with tert-alkyl or cyclic N) is 1. The Morgan fingerprint density at radius 2 is 2.08 bits per heavy atom. The number of hydrogen-bond donors (Lipinski definition) is 2. The molecule has 1 aromatic heterocycles. The molecule has 1 atom stereocenters. The Hall–Kier alpha value is -2.93. The fourth-order valence-electron chi connectivity index (χ4n) is 2.79. The first-order chi connectivity index (χ1) is 11.5. The number of aliphatic hydroxyl groups excluding tert-OH is 2. The number of aliphatic hydroxyl groups is 2. The van der Waals surface area contributed by atoms with Crippen molar-refractivity contribution in [2.24, 2.45) is 0 Å². The Kier molecular flexibility index (Phi) is 4.18. The van der Waals surface area contributed by atoms with Gasteiger partial charge in [0.05, 0.1) is 24.5 Å². The van der Waals surface area contributed by atoms with Crippen LogP contribution in [0.3, 0.4) is 0 Å². The number of carbonyl (C=O) groups is 2. The number of rotatable bonds is 5. The summed E-state index contributed by atoms with van der Waals surface area (Å²) in [6.45, 7) is -0.480. The number of ketones is 1. The van der Waals surface area contributed by atoms with Gasteiger partial charge in [-0.15, -0.1) is 0 Å². The molecule has 1 aliphatic rings. The molecule has 1 aromatic carbocycles. The van der Waals surface area contributed by atoms with Crippen LogP contribution in [0.2, 0.25) is 0 Å². The molecule has 0 bridgehead atoms. The van der Waals surface area contributed by atoms with Crippen molar-refractivity contribution in [3.63, 3.8) is 0 Å². The summed E-state index contributed by atoms with van der Waals surface area (Å²) in [5, 5.41) is 19.4. The summed E-state index contributed by atoms with van der Waals surface area (Å²) >= 11 is 0. The standard InChI is InChI=1S/C17H14FNO5/c18-11-4-1-3-10(9-11)14-13(15(21)12-5-2-8-24-12)16(22)17(23)19(14)6-7-20/h1-5,8-9,14,20,22H,6-7H2. The van der Waals surface area contributed by atoms with Gasteiger partial charge in [0, 0.05) is 6.54 Å². The Balaban J connectivity index is 2.12. The summed E-state index contributed by atoms with van der Waals surface area (Å²) in [5.74, 6) is -2.77. The predicted octanol–water partition coefficient (Wildman–Crippen LogP) is 1.99. The minimum absolute atomic E-state index is 0.0448. The number of benzene rings is 1. The first-order valence-corrected chi connectivity index (χ1v) is 7.23. The molecule has 7 heteroatoms. The zero-order valence-corrected chi connectivity index (χ0v) is 12.5. The van der Waals surface area contributed by atoms with Crippen LogP contribution in [0.15, 0.2) is 58.4 Å². The van der Waals surface area contributed by atoms with Crippen molar-refractivity contribution < 1.29 is 28.6 Å². The minimum Gasteiger partial charge on any atom is -0.503 e. The van der Waals surface area contributed by atoms with Gasteiger partial charge in [0.2, 0.25) is 5.78 Å². The summed E-state index contributed by atoms with van der Waals surface area (Å²) < 4.78 is 18.6. The van der Waals surface area contributed by atoms with E-state index in [1.54, 1.807) is 6.07 Å². The van der Waals surface area contributed by atoms with Gasteiger partial charge < -0.3 is 19.5 Å². The van der Waals surface area contributed by atoms with E-state index in [9.17, 15) is 24.2 Å². The van der Waals surface area contributed by atoms with Crippen molar-refractivity contribution in [1.82, 2.24) is 4.90 Å². The second-order valence-corrected chi connectivity index (χ2v) is 5.25. The third-order valence-electron chi connectivity index (χ3n) is 3.80. The van der Waals surface area contributed by atoms with Crippen LogP contribution < -0.4 is 0 Å². The van der Waals surface area contributed by atoms with Crippen molar-refractivity contribution in [1.29, 1.82) is 0 Å². The lowest BCUT2D eigenvalue weighted by atomic mass is 9.95. The number of amides is 1. The molecule has 0 spiro atoms. The molecule has 2 heterocycles. The molecule has 0 saturated carbocycles. The van der Waals surface area contributed by atoms with Gasteiger partial charge in [-0.25, -0.2) is 4.39 Å². The van der Waals surface area contributed by atoms with E-state index in [2.05, 4.69) is 0 Å². The highest BCUT2D eigenvalue weighted by Gasteiger charge is 2.44. The lowest BCUT2D eigenvalue weighted by Crippen LogP contribution is -2.33. The largest absolute Gasteiger partial charge is 0.503 e. The molecule has 1 amide bonds. The summed E-state index contributed by atoms with van der Waals surface area (Å²) in [7, 11) is 0. The van der Waals surface area contributed by atoms with Gasteiger partial charge in [0.25, 0.3) is 5.91 Å². The second kappa shape index (κ2) is 6.29. The number of halogens is 1.